The molecule has 27 heavy (non-hydrogen) atoms. The number of methoxy groups -OCH3 is 2. The highest BCUT2D eigenvalue weighted by Crippen LogP contribution is 2.34. The summed E-state index contributed by atoms with van der Waals surface area (Å²) in [5.41, 5.74) is 5.53. The Hall–Kier alpha value is -2.86. The van der Waals surface area contributed by atoms with Gasteiger partial charge in [-0.3, -0.25) is 4.99 Å². The minimum absolute atomic E-state index is 0.775. The van der Waals surface area contributed by atoms with E-state index in [9.17, 15) is 0 Å². The van der Waals surface area contributed by atoms with Gasteiger partial charge in [-0.2, -0.15) is 5.10 Å². The first kappa shape index (κ1) is 17.5. The number of ether oxygens (including phenoxy) is 2. The van der Waals surface area contributed by atoms with Crippen LogP contribution in [0.5, 0.6) is 11.5 Å². The van der Waals surface area contributed by atoms with Crippen molar-refractivity contribution >= 4 is 17.0 Å². The molecule has 0 saturated heterocycles. The molecule has 0 N–H and O–H groups in total. The molecule has 1 aromatic heterocycles. The fraction of sp³-hybridized carbons (Fsp3) is 0.238. The third kappa shape index (κ3) is 3.17. The molecule has 4 rings (SSSR count). The van der Waals surface area contributed by atoms with Crippen LogP contribution in [0.4, 0.5) is 0 Å². The van der Waals surface area contributed by atoms with Gasteiger partial charge in [-0.05, 0) is 36.6 Å². The molecule has 0 radical (unpaired) electrons. The lowest BCUT2D eigenvalue weighted by Crippen LogP contribution is -2.14. The van der Waals surface area contributed by atoms with Gasteiger partial charge in [-0.15, -0.1) is 11.3 Å². The number of hydrogen-bond donors (Lipinski definition) is 0. The summed E-state index contributed by atoms with van der Waals surface area (Å²) in [4.78, 5) is 5.25. The molecule has 6 heteroatoms. The summed E-state index contributed by atoms with van der Waals surface area (Å²) in [5, 5.41) is 7.05. The van der Waals surface area contributed by atoms with Crippen LogP contribution >= 0.6 is 11.3 Å². The van der Waals surface area contributed by atoms with Crippen molar-refractivity contribution in [3.63, 3.8) is 0 Å². The van der Waals surface area contributed by atoms with Gasteiger partial charge in [-0.25, -0.2) is 4.68 Å². The van der Waals surface area contributed by atoms with Crippen LogP contribution in [0, 0.1) is 0 Å². The molecule has 138 valence electrons. The third-order valence-corrected chi connectivity index (χ3v) is 5.65. The van der Waals surface area contributed by atoms with Crippen LogP contribution in [0.15, 0.2) is 57.9 Å². The zero-order chi connectivity index (χ0) is 18.8. The SMILES string of the molecule is CN=c1scc(-c2cc(OC)ccc2OC)n1/N=C1/CCc2ccccc21. The fourth-order valence-electron chi connectivity index (χ4n) is 3.38. The van der Waals surface area contributed by atoms with Crippen molar-refractivity contribution < 1.29 is 9.47 Å². The first-order valence-corrected chi connectivity index (χ1v) is 9.65. The highest BCUT2D eigenvalue weighted by Gasteiger charge is 2.19. The number of fused-ring (bicyclic) bond motifs is 1. The minimum atomic E-state index is 0.775. The number of aromatic nitrogens is 1. The van der Waals surface area contributed by atoms with E-state index < -0.39 is 0 Å². The number of benzene rings is 2. The summed E-state index contributed by atoms with van der Waals surface area (Å²) in [6.45, 7) is 0. The topological polar surface area (TPSA) is 48.1 Å². The molecule has 1 aliphatic rings. The van der Waals surface area contributed by atoms with Crippen LogP contribution in [0.2, 0.25) is 0 Å². The summed E-state index contributed by atoms with van der Waals surface area (Å²) in [6.07, 6.45) is 1.95. The predicted octanol–water partition coefficient (Wildman–Crippen LogP) is 3.96. The Bertz CT molecular complexity index is 1080. The van der Waals surface area contributed by atoms with E-state index in [1.165, 1.54) is 11.1 Å². The molecule has 1 heterocycles. The second-order valence-corrected chi connectivity index (χ2v) is 7.05. The number of hydrogen-bond acceptors (Lipinski definition) is 5. The highest BCUT2D eigenvalue weighted by molar-refractivity contribution is 7.07. The zero-order valence-electron chi connectivity index (χ0n) is 15.6. The Balaban J connectivity index is 1.90. The van der Waals surface area contributed by atoms with Gasteiger partial charge in [0.1, 0.15) is 11.5 Å². The lowest BCUT2D eigenvalue weighted by Gasteiger charge is -2.11. The quantitative estimate of drug-likeness (QED) is 0.689. The maximum absolute atomic E-state index is 5.58. The van der Waals surface area contributed by atoms with Crippen LogP contribution < -0.4 is 14.3 Å². The zero-order valence-corrected chi connectivity index (χ0v) is 16.4. The Labute approximate surface area is 162 Å². The van der Waals surface area contributed by atoms with E-state index in [0.29, 0.717) is 0 Å². The number of thiazole rings is 1. The van der Waals surface area contributed by atoms with Gasteiger partial charge in [0.05, 0.1) is 25.6 Å². The molecule has 0 amide bonds. The Morgan fingerprint density at radius 1 is 1.00 bits per heavy atom. The van der Waals surface area contributed by atoms with E-state index in [0.717, 1.165) is 46.1 Å². The van der Waals surface area contributed by atoms with Gasteiger partial charge in [0, 0.05) is 23.6 Å². The van der Waals surface area contributed by atoms with Crippen LogP contribution in [-0.2, 0) is 6.42 Å². The van der Waals surface area contributed by atoms with Crippen molar-refractivity contribution in [3.05, 3.63) is 63.8 Å². The first-order chi connectivity index (χ1) is 13.2. The molecule has 1 aliphatic carbocycles. The maximum Gasteiger partial charge on any atom is 0.205 e. The van der Waals surface area contributed by atoms with Gasteiger partial charge in [0.25, 0.3) is 0 Å². The molecule has 2 aromatic carbocycles. The second-order valence-electron chi connectivity index (χ2n) is 6.21. The van der Waals surface area contributed by atoms with E-state index in [-0.39, 0.29) is 0 Å². The third-order valence-electron chi connectivity index (χ3n) is 4.74. The minimum Gasteiger partial charge on any atom is -0.497 e. The standard InChI is InChI=1S/C21H21N3O2S/c1-22-21-24(23-18-10-8-14-6-4-5-7-16(14)18)19(13-27-21)17-12-15(25-2)9-11-20(17)26-3/h4-7,9,11-13H,8,10H2,1-3H3/b22-21?,23-18-. The molecule has 0 atom stereocenters. The molecule has 0 saturated carbocycles. The predicted molar refractivity (Wildman–Crippen MR) is 109 cm³/mol. The molecular weight excluding hydrogens is 358 g/mol. The first-order valence-electron chi connectivity index (χ1n) is 8.77. The Kier molecular flexibility index (Phi) is 4.81. The summed E-state index contributed by atoms with van der Waals surface area (Å²) in [7, 11) is 5.12. The number of rotatable bonds is 4. The monoisotopic (exact) mass is 379 g/mol. The van der Waals surface area contributed by atoms with Crippen molar-refractivity contribution in [2.75, 3.05) is 21.3 Å². The highest BCUT2D eigenvalue weighted by atomic mass is 32.1. The lowest BCUT2D eigenvalue weighted by atomic mass is 10.1. The van der Waals surface area contributed by atoms with Gasteiger partial charge in [0.15, 0.2) is 0 Å². The second kappa shape index (κ2) is 7.40. The van der Waals surface area contributed by atoms with E-state index in [2.05, 4.69) is 34.6 Å². The van der Waals surface area contributed by atoms with Crippen LogP contribution in [0.3, 0.4) is 0 Å². The van der Waals surface area contributed by atoms with E-state index in [4.69, 9.17) is 14.6 Å². The summed E-state index contributed by atoms with van der Waals surface area (Å²) in [6, 6.07) is 14.2. The average Bonchev–Trinajstić information content (AvgIpc) is 3.32. The average molecular weight is 379 g/mol. The van der Waals surface area contributed by atoms with Gasteiger partial charge < -0.3 is 9.47 Å². The Morgan fingerprint density at radius 3 is 2.63 bits per heavy atom. The van der Waals surface area contributed by atoms with Crippen molar-refractivity contribution in [1.82, 2.24) is 4.68 Å². The molecule has 3 aromatic rings. The van der Waals surface area contributed by atoms with Crippen LogP contribution in [0.25, 0.3) is 11.3 Å². The molecule has 0 aliphatic heterocycles. The smallest absolute Gasteiger partial charge is 0.205 e. The molecule has 0 fully saturated rings. The lowest BCUT2D eigenvalue weighted by molar-refractivity contribution is 0.404. The maximum atomic E-state index is 5.58. The normalized spacial score (nSPS) is 15.2. The molecule has 0 unspecified atom stereocenters. The van der Waals surface area contributed by atoms with Gasteiger partial charge in [-0.1, -0.05) is 24.3 Å². The van der Waals surface area contributed by atoms with Gasteiger partial charge >= 0.3 is 0 Å². The van der Waals surface area contributed by atoms with Crippen LogP contribution in [-0.4, -0.2) is 31.7 Å². The fourth-order valence-corrected chi connectivity index (χ4v) is 4.17. The molecule has 5 nitrogen and oxygen atoms in total. The molecule has 0 bridgehead atoms. The molecular formula is C21H21N3O2S. The van der Waals surface area contributed by atoms with Crippen molar-refractivity contribution in [1.29, 1.82) is 0 Å². The summed E-state index contributed by atoms with van der Waals surface area (Å²) in [5.74, 6) is 1.55. The van der Waals surface area contributed by atoms with Crippen LogP contribution in [0.1, 0.15) is 17.5 Å². The largest absolute Gasteiger partial charge is 0.497 e. The van der Waals surface area contributed by atoms with Crippen molar-refractivity contribution in [3.8, 4) is 22.8 Å². The van der Waals surface area contributed by atoms with E-state index in [1.54, 1.807) is 32.6 Å². The number of nitrogens with zero attached hydrogens (tertiary/aromatic N) is 3. The van der Waals surface area contributed by atoms with Crippen molar-refractivity contribution in [2.45, 2.75) is 12.8 Å². The molecule has 0 spiro atoms. The summed E-state index contributed by atoms with van der Waals surface area (Å²) < 4.78 is 12.9. The van der Waals surface area contributed by atoms with Crippen molar-refractivity contribution in [2.24, 2.45) is 10.1 Å². The van der Waals surface area contributed by atoms with E-state index in [1.807, 2.05) is 22.9 Å². The van der Waals surface area contributed by atoms with Gasteiger partial charge in [0.2, 0.25) is 4.80 Å². The van der Waals surface area contributed by atoms with E-state index >= 15 is 0 Å². The Morgan fingerprint density at radius 2 is 1.85 bits per heavy atom. The summed E-state index contributed by atoms with van der Waals surface area (Å²) >= 11 is 1.56. The number of aryl methyl sites for hydroxylation is 1.